The van der Waals surface area contributed by atoms with E-state index in [0.717, 1.165) is 217 Å². The van der Waals surface area contributed by atoms with E-state index in [9.17, 15) is 4.39 Å². The second kappa shape index (κ2) is 54.4. The van der Waals surface area contributed by atoms with Crippen molar-refractivity contribution in [1.82, 2.24) is 103 Å². The first-order chi connectivity index (χ1) is 58.5. The fourth-order valence-corrected chi connectivity index (χ4v) is 16.5. The topological polar surface area (TPSA) is 154 Å². The third kappa shape index (κ3) is 37.2. The summed E-state index contributed by atoms with van der Waals surface area (Å²) in [6, 6.07) is 26.3. The van der Waals surface area contributed by atoms with Gasteiger partial charge in [-0.15, -0.1) is 0 Å². The summed E-state index contributed by atoms with van der Waals surface area (Å²) in [5, 5.41) is 2.72. The summed E-state index contributed by atoms with van der Waals surface area (Å²) in [5.74, 6) is 0.171. The molecule has 7 aromatic heterocycles. The van der Waals surface area contributed by atoms with Crippen LogP contribution in [-0.2, 0) is 45.8 Å². The highest BCUT2D eigenvalue weighted by molar-refractivity contribution is 6.32. The van der Waals surface area contributed by atoms with E-state index in [2.05, 4.69) is 226 Å². The van der Waals surface area contributed by atoms with Crippen LogP contribution in [0.1, 0.15) is 142 Å². The summed E-state index contributed by atoms with van der Waals surface area (Å²) < 4.78 is 23.4. The highest BCUT2D eigenvalue weighted by Gasteiger charge is 2.26. The zero-order chi connectivity index (χ0) is 88.0. The molecule has 7 aromatic rings. The predicted octanol–water partition coefficient (Wildman–Crippen LogP) is 14.3. The lowest BCUT2D eigenvalue weighted by Gasteiger charge is -2.36. The zero-order valence-electron chi connectivity index (χ0n) is 76.9. The number of aromatic nitrogens is 7. The number of hydrogen-bond acceptors (Lipinski definition) is 23. The molecule has 7 saturated heterocycles. The molecule has 0 atom stereocenters. The molecule has 23 nitrogen and oxygen atoms in total. The van der Waals surface area contributed by atoms with Gasteiger partial charge in [0.15, 0.2) is 5.82 Å². The van der Waals surface area contributed by atoms with E-state index in [-0.39, 0.29) is 11.7 Å². The monoisotopic (exact) mass is 1760 g/mol. The largest absolute Gasteiger partial charge is 0.480 e. The van der Waals surface area contributed by atoms with E-state index in [1.54, 1.807) is 31.9 Å². The number of halogens is 5. The van der Waals surface area contributed by atoms with Gasteiger partial charge in [-0.3, -0.25) is 93.5 Å². The number of nitrogens with zero attached hydrogens (tertiary/aromatic N) is 21. The van der Waals surface area contributed by atoms with Crippen LogP contribution < -0.4 is 9.47 Å². The molecule has 0 bridgehead atoms. The van der Waals surface area contributed by atoms with Crippen molar-refractivity contribution in [2.45, 2.75) is 192 Å². The van der Waals surface area contributed by atoms with Gasteiger partial charge < -0.3 is 9.47 Å². The summed E-state index contributed by atoms with van der Waals surface area (Å²) in [5.41, 5.74) is 9.20. The van der Waals surface area contributed by atoms with Gasteiger partial charge in [0.25, 0.3) is 0 Å². The van der Waals surface area contributed by atoms with Crippen molar-refractivity contribution in [1.29, 1.82) is 0 Å². The van der Waals surface area contributed by atoms with E-state index in [1.807, 2.05) is 73.4 Å². The molecule has 0 aromatic carbocycles. The molecular formula is C94H148Cl4FN21O2. The zero-order valence-corrected chi connectivity index (χ0v) is 80.0. The Morgan fingerprint density at radius 3 is 0.861 bits per heavy atom. The van der Waals surface area contributed by atoms with Gasteiger partial charge in [0.05, 0.1) is 46.4 Å². The fraction of sp³-hybridized carbons (Fsp3) is 0.628. The number of hydrogen-bond donors (Lipinski definition) is 0. The highest BCUT2D eigenvalue weighted by atomic mass is 35.5. The summed E-state index contributed by atoms with van der Waals surface area (Å²) in [4.78, 5) is 64.4. The Morgan fingerprint density at radius 2 is 0.590 bits per heavy atom. The number of methoxy groups -OCH3 is 2. The molecule has 0 spiro atoms. The molecular weight excluding hydrogens is 1620 g/mol. The van der Waals surface area contributed by atoms with Gasteiger partial charge in [-0.1, -0.05) is 58.5 Å². The van der Waals surface area contributed by atoms with E-state index in [1.165, 1.54) is 74.8 Å². The maximum absolute atomic E-state index is 13.6. The van der Waals surface area contributed by atoms with Crippen LogP contribution in [0.2, 0.25) is 20.1 Å². The van der Waals surface area contributed by atoms with Gasteiger partial charge in [0, 0.05) is 327 Å². The lowest BCUT2D eigenvalue weighted by Crippen LogP contribution is -2.48. The van der Waals surface area contributed by atoms with Crippen LogP contribution in [0.5, 0.6) is 11.8 Å². The molecule has 7 fully saturated rings. The summed E-state index contributed by atoms with van der Waals surface area (Å²) in [7, 11) is 3.01. The molecule has 0 N–H and O–H groups in total. The molecule has 0 radical (unpaired) electrons. The quantitative estimate of drug-likeness (QED) is 0.0596. The third-order valence-electron chi connectivity index (χ3n) is 23.9. The van der Waals surface area contributed by atoms with E-state index >= 15 is 0 Å². The van der Waals surface area contributed by atoms with Gasteiger partial charge in [-0.05, 0) is 186 Å². The number of ether oxygens (including phenoxy) is 2. The lowest BCUT2D eigenvalue weighted by atomic mass is 10.2. The fourth-order valence-electron chi connectivity index (χ4n) is 15.8. The van der Waals surface area contributed by atoms with Gasteiger partial charge in [-0.2, -0.15) is 0 Å². The van der Waals surface area contributed by atoms with Crippen molar-refractivity contribution in [2.24, 2.45) is 0 Å². The number of rotatable bonds is 23. The van der Waals surface area contributed by atoms with Crippen LogP contribution in [0.15, 0.2) is 123 Å². The van der Waals surface area contributed by atoms with Crippen LogP contribution >= 0.6 is 46.4 Å². The standard InChI is InChI=1S/C14H22ClN3O.C14H22FN3O.C14H23N3.3C13H20ClN3.C13H21N3/c2*1-11(2)18-6-4-17(5-7-18)10-12-8-13(15)14(19-3)16-9-12;1-12(2)17-8-6-16(7-9-17)11-14-5-4-13(3)10-15-14;1-11(2)17-5-3-16(4-6-17)10-12-7-13(14)9-15-8-12;2*1-11(2)17-7-5-16(6-8-17)10-13-4-3-12(14)9-15-13;1-12(2)16-8-6-15(7-9-16)11-13-4-3-5-14-10-13/h2*8-9,11H,4-7,10H2,1-3H3;4-5,10,12H,6-9,11H2,1-3H3;7-9,11H,3-6,10H2,1-2H3;2*3-4,9,11H,5-8,10H2,1-2H3;3-5,10,12H,6-9,11H2,1-2H3. The van der Waals surface area contributed by atoms with Crippen molar-refractivity contribution in [3.05, 3.63) is 193 Å². The predicted molar refractivity (Wildman–Crippen MR) is 501 cm³/mol. The molecule has 676 valence electrons. The Hall–Kier alpha value is -5.82. The van der Waals surface area contributed by atoms with Crippen LogP contribution in [-0.4, -0.2) is 343 Å². The Bertz CT molecular complexity index is 3710. The smallest absolute Gasteiger partial charge is 0.250 e. The minimum atomic E-state index is -0.388. The molecule has 0 unspecified atom stereocenters. The van der Waals surface area contributed by atoms with Crippen LogP contribution in [0, 0.1) is 12.7 Å². The molecule has 28 heteroatoms. The van der Waals surface area contributed by atoms with Gasteiger partial charge in [0.1, 0.15) is 5.02 Å². The molecule has 7 aliphatic rings. The van der Waals surface area contributed by atoms with Crippen LogP contribution in [0.25, 0.3) is 0 Å². The molecule has 14 heterocycles. The second-order valence-electron chi connectivity index (χ2n) is 35.1. The van der Waals surface area contributed by atoms with Crippen molar-refractivity contribution in [2.75, 3.05) is 197 Å². The van der Waals surface area contributed by atoms with E-state index < -0.39 is 0 Å². The molecule has 0 aliphatic carbocycles. The molecule has 0 amide bonds. The first-order valence-electron chi connectivity index (χ1n) is 44.8. The molecule has 14 rings (SSSR count). The van der Waals surface area contributed by atoms with Crippen LogP contribution in [0.4, 0.5) is 4.39 Å². The van der Waals surface area contributed by atoms with Gasteiger partial charge in [-0.25, -0.2) is 14.4 Å². The Labute approximate surface area is 753 Å². The SMILES string of the molecule is CC(C)N1CCN(Cc2ccc(Cl)cn2)CC1.CC(C)N1CCN(Cc2ccc(Cl)cn2)CC1.CC(C)N1CCN(Cc2cccnc2)CC1.CC(C)N1CCN(Cc2cncc(Cl)c2)CC1.COc1ncc(CN2CCN(C(C)C)CC2)cc1Cl.COc1ncc(CN2CCN(C(C)C)CC2)cc1F.Cc1ccc(CN2CCN(C(C)C)CC2)nc1. The second-order valence-corrected chi connectivity index (χ2v) is 36.9. The normalized spacial score (nSPS) is 18.6. The minimum absolute atomic E-state index is 0.0633. The maximum atomic E-state index is 13.6. The van der Waals surface area contributed by atoms with E-state index in [4.69, 9.17) is 55.9 Å². The summed E-state index contributed by atoms with van der Waals surface area (Å²) in [6.45, 7) is 72.0. The third-order valence-corrected chi connectivity index (χ3v) is 24.8. The van der Waals surface area contributed by atoms with Crippen LogP contribution in [0.3, 0.4) is 0 Å². The lowest BCUT2D eigenvalue weighted by molar-refractivity contribution is 0.103. The van der Waals surface area contributed by atoms with E-state index in [0.29, 0.717) is 63.2 Å². The van der Waals surface area contributed by atoms with Crippen molar-refractivity contribution in [3.8, 4) is 11.8 Å². The molecule has 122 heavy (non-hydrogen) atoms. The highest BCUT2D eigenvalue weighted by Crippen LogP contribution is 2.25. The van der Waals surface area contributed by atoms with Gasteiger partial charge in [0.2, 0.25) is 11.8 Å². The Morgan fingerprint density at radius 1 is 0.295 bits per heavy atom. The average Bonchev–Trinajstić information content (AvgIpc) is 0.886. The minimum Gasteiger partial charge on any atom is -0.480 e. The maximum Gasteiger partial charge on any atom is 0.250 e. The van der Waals surface area contributed by atoms with Crippen molar-refractivity contribution in [3.63, 3.8) is 0 Å². The van der Waals surface area contributed by atoms with Crippen molar-refractivity contribution < 1.29 is 13.9 Å². The van der Waals surface area contributed by atoms with Gasteiger partial charge >= 0.3 is 0 Å². The number of pyridine rings is 7. The average molecular weight is 1770 g/mol. The first-order valence-corrected chi connectivity index (χ1v) is 46.3. The number of piperazine rings is 7. The molecule has 0 saturated carbocycles. The molecule has 7 aliphatic heterocycles. The first kappa shape index (κ1) is 102. The Balaban J connectivity index is 0.000000177. The number of aryl methyl sites for hydroxylation is 1. The summed E-state index contributed by atoms with van der Waals surface area (Å²) in [6.07, 6.45) is 16.3. The van der Waals surface area contributed by atoms with Crippen molar-refractivity contribution >= 4 is 46.4 Å². The summed E-state index contributed by atoms with van der Waals surface area (Å²) >= 11 is 23.7. The Kier molecular flexibility index (Phi) is 45.3.